The van der Waals surface area contributed by atoms with E-state index >= 15 is 0 Å². The number of sulfonamides is 1. The van der Waals surface area contributed by atoms with Crippen LogP contribution in [0.15, 0.2) is 23.1 Å². The van der Waals surface area contributed by atoms with Crippen molar-refractivity contribution in [1.82, 2.24) is 9.21 Å². The van der Waals surface area contributed by atoms with E-state index in [2.05, 4.69) is 0 Å². The first-order valence-corrected chi connectivity index (χ1v) is 11.8. The summed E-state index contributed by atoms with van der Waals surface area (Å²) in [5.74, 6) is -0.0788. The molecule has 0 saturated carbocycles. The SMILES string of the molecule is CC[C@H]1CN(CCOC)C(=O)C2CCC[C@@H]1N2S(=O)(=O)c1cc(Cl)cc(Cl)c1. The number of ether oxygens (including phenoxy) is 1. The van der Waals surface area contributed by atoms with Gasteiger partial charge in [-0.15, -0.1) is 0 Å². The van der Waals surface area contributed by atoms with Crippen molar-refractivity contribution in [1.29, 1.82) is 0 Å². The van der Waals surface area contributed by atoms with Gasteiger partial charge in [0.2, 0.25) is 15.9 Å². The molecule has 0 N–H and O–H groups in total. The van der Waals surface area contributed by atoms with Gasteiger partial charge in [-0.2, -0.15) is 4.31 Å². The van der Waals surface area contributed by atoms with Crippen molar-refractivity contribution in [2.75, 3.05) is 26.8 Å². The lowest BCUT2D eigenvalue weighted by Crippen LogP contribution is -2.54. The van der Waals surface area contributed by atoms with Crippen LogP contribution in [-0.4, -0.2) is 62.4 Å². The molecule has 3 atom stereocenters. The lowest BCUT2D eigenvalue weighted by atomic mass is 9.89. The first-order valence-electron chi connectivity index (χ1n) is 9.57. The molecule has 2 saturated heterocycles. The topological polar surface area (TPSA) is 66.9 Å². The van der Waals surface area contributed by atoms with Crippen LogP contribution >= 0.6 is 23.2 Å². The molecule has 3 rings (SSSR count). The van der Waals surface area contributed by atoms with E-state index in [-0.39, 0.29) is 32.8 Å². The molecule has 1 aromatic rings. The highest BCUT2D eigenvalue weighted by Crippen LogP contribution is 2.38. The Morgan fingerprint density at radius 1 is 1.18 bits per heavy atom. The number of hydrogen-bond donors (Lipinski definition) is 0. The second-order valence-electron chi connectivity index (χ2n) is 7.40. The molecule has 9 heteroatoms. The molecular formula is C19H26Cl2N2O4S. The minimum atomic E-state index is -3.92. The highest BCUT2D eigenvalue weighted by atomic mass is 35.5. The fraction of sp³-hybridized carbons (Fsp3) is 0.632. The van der Waals surface area contributed by atoms with Gasteiger partial charge in [0.15, 0.2) is 0 Å². The molecule has 0 aromatic heterocycles. The number of carbonyl (C=O) groups is 1. The van der Waals surface area contributed by atoms with Gasteiger partial charge < -0.3 is 9.64 Å². The van der Waals surface area contributed by atoms with Gasteiger partial charge >= 0.3 is 0 Å². The standard InChI is InChI=1S/C19H26Cl2N2O4S/c1-3-13-12-22(7-8-27-2)19(24)18-6-4-5-17(13)23(18)28(25,26)16-10-14(20)9-15(21)11-16/h9-11,13,17-18H,3-8,12H2,1-2H3/t13-,17-,18?/m0/s1. The molecule has 1 unspecified atom stereocenters. The van der Waals surface area contributed by atoms with E-state index in [1.807, 2.05) is 6.92 Å². The molecule has 0 spiro atoms. The Labute approximate surface area is 176 Å². The number of fused-ring (bicyclic) bond motifs is 2. The van der Waals surface area contributed by atoms with Crippen LogP contribution in [0.5, 0.6) is 0 Å². The molecule has 0 aliphatic carbocycles. The van der Waals surface area contributed by atoms with Crippen LogP contribution in [0, 0.1) is 5.92 Å². The van der Waals surface area contributed by atoms with Crippen LogP contribution in [0.1, 0.15) is 32.6 Å². The Bertz CT molecular complexity index is 813. The van der Waals surface area contributed by atoms with E-state index in [0.29, 0.717) is 26.1 Å². The molecule has 1 amide bonds. The van der Waals surface area contributed by atoms with Crippen LogP contribution in [-0.2, 0) is 19.6 Å². The van der Waals surface area contributed by atoms with Gasteiger partial charge in [-0.25, -0.2) is 8.42 Å². The van der Waals surface area contributed by atoms with E-state index in [9.17, 15) is 13.2 Å². The summed E-state index contributed by atoms with van der Waals surface area (Å²) >= 11 is 12.1. The van der Waals surface area contributed by atoms with E-state index in [1.54, 1.807) is 12.0 Å². The number of methoxy groups -OCH3 is 1. The third-order valence-electron chi connectivity index (χ3n) is 5.71. The normalized spacial score (nSPS) is 26.4. The number of carbonyl (C=O) groups excluding carboxylic acids is 1. The number of rotatable bonds is 6. The second-order valence-corrected chi connectivity index (χ2v) is 10.1. The van der Waals surface area contributed by atoms with Gasteiger partial charge in [0.1, 0.15) is 6.04 Å². The molecule has 0 radical (unpaired) electrons. The van der Waals surface area contributed by atoms with Crippen LogP contribution in [0.4, 0.5) is 0 Å². The fourth-order valence-corrected chi connectivity index (χ4v) is 6.95. The highest BCUT2D eigenvalue weighted by molar-refractivity contribution is 7.89. The maximum absolute atomic E-state index is 13.6. The summed E-state index contributed by atoms with van der Waals surface area (Å²) < 4.78 is 33.8. The Hall–Kier alpha value is -0.860. The lowest BCUT2D eigenvalue weighted by molar-refractivity contribution is -0.135. The molecule has 2 fully saturated rings. The van der Waals surface area contributed by atoms with E-state index in [0.717, 1.165) is 19.3 Å². The van der Waals surface area contributed by atoms with Crippen molar-refractivity contribution in [3.05, 3.63) is 28.2 Å². The fourth-order valence-electron chi connectivity index (χ4n) is 4.34. The van der Waals surface area contributed by atoms with Crippen molar-refractivity contribution in [3.63, 3.8) is 0 Å². The number of amides is 1. The summed E-state index contributed by atoms with van der Waals surface area (Å²) in [7, 11) is -2.33. The van der Waals surface area contributed by atoms with Crippen LogP contribution in [0.25, 0.3) is 0 Å². The first kappa shape index (κ1) is 21.8. The van der Waals surface area contributed by atoms with E-state index < -0.39 is 16.1 Å². The van der Waals surface area contributed by atoms with E-state index in [1.165, 1.54) is 22.5 Å². The predicted molar refractivity (Wildman–Crippen MR) is 109 cm³/mol. The third-order valence-corrected chi connectivity index (χ3v) is 8.06. The number of piperidine rings is 1. The van der Waals surface area contributed by atoms with Gasteiger partial charge in [0, 0.05) is 36.3 Å². The molecule has 28 heavy (non-hydrogen) atoms. The van der Waals surface area contributed by atoms with E-state index in [4.69, 9.17) is 27.9 Å². The largest absolute Gasteiger partial charge is 0.383 e. The summed E-state index contributed by atoms with van der Waals surface area (Å²) in [6.45, 7) is 3.48. The summed E-state index contributed by atoms with van der Waals surface area (Å²) in [5.41, 5.74) is 0. The number of nitrogens with zero attached hydrogens (tertiary/aromatic N) is 2. The number of benzene rings is 1. The Kier molecular flexibility index (Phi) is 6.92. The van der Waals surface area contributed by atoms with Crippen molar-refractivity contribution in [3.8, 4) is 0 Å². The zero-order valence-electron chi connectivity index (χ0n) is 16.1. The average Bonchev–Trinajstić information content (AvgIpc) is 2.72. The molecule has 2 bridgehead atoms. The minimum absolute atomic E-state index is 0.0369. The quantitative estimate of drug-likeness (QED) is 0.668. The Balaban J connectivity index is 2.06. The van der Waals surface area contributed by atoms with Crippen LogP contribution in [0.2, 0.25) is 10.0 Å². The first-order chi connectivity index (χ1) is 13.3. The van der Waals surface area contributed by atoms with Crippen LogP contribution < -0.4 is 0 Å². The summed E-state index contributed by atoms with van der Waals surface area (Å²) in [4.78, 5) is 15.1. The molecule has 2 heterocycles. The van der Waals surface area contributed by atoms with Crippen molar-refractivity contribution >= 4 is 39.1 Å². The Morgan fingerprint density at radius 2 is 1.86 bits per heavy atom. The molecule has 6 nitrogen and oxygen atoms in total. The van der Waals surface area contributed by atoms with Crippen molar-refractivity contribution in [2.45, 2.75) is 49.6 Å². The smallest absolute Gasteiger partial charge is 0.244 e. The van der Waals surface area contributed by atoms with Crippen molar-refractivity contribution in [2.24, 2.45) is 5.92 Å². The maximum atomic E-state index is 13.6. The van der Waals surface area contributed by atoms with Crippen LogP contribution in [0.3, 0.4) is 0 Å². The molecule has 2 aliphatic heterocycles. The number of halogens is 2. The number of hydrogen-bond acceptors (Lipinski definition) is 4. The summed E-state index contributed by atoms with van der Waals surface area (Å²) in [6, 6.07) is 3.38. The van der Waals surface area contributed by atoms with Gasteiger partial charge in [0.05, 0.1) is 11.5 Å². The molecule has 2 aliphatic rings. The van der Waals surface area contributed by atoms with Gasteiger partial charge in [-0.1, -0.05) is 36.5 Å². The zero-order chi connectivity index (χ0) is 20.5. The molecule has 156 valence electrons. The Morgan fingerprint density at radius 3 is 2.46 bits per heavy atom. The van der Waals surface area contributed by atoms with Crippen molar-refractivity contribution < 1.29 is 17.9 Å². The monoisotopic (exact) mass is 448 g/mol. The predicted octanol–water partition coefficient (Wildman–Crippen LogP) is 3.42. The highest BCUT2D eigenvalue weighted by Gasteiger charge is 2.49. The third kappa shape index (κ3) is 4.19. The zero-order valence-corrected chi connectivity index (χ0v) is 18.4. The molecular weight excluding hydrogens is 423 g/mol. The second kappa shape index (κ2) is 8.88. The van der Waals surface area contributed by atoms with Gasteiger partial charge in [0.25, 0.3) is 0 Å². The van der Waals surface area contributed by atoms with Gasteiger partial charge in [-0.3, -0.25) is 4.79 Å². The minimum Gasteiger partial charge on any atom is -0.383 e. The molecule has 1 aromatic carbocycles. The average molecular weight is 449 g/mol. The summed E-state index contributed by atoms with van der Waals surface area (Å²) in [6.07, 6.45) is 2.88. The van der Waals surface area contributed by atoms with Gasteiger partial charge in [-0.05, 0) is 43.4 Å². The maximum Gasteiger partial charge on any atom is 0.244 e. The summed E-state index contributed by atoms with van der Waals surface area (Å²) in [5, 5.41) is 0.511. The lowest BCUT2D eigenvalue weighted by Gasteiger charge is -2.40.